The van der Waals surface area contributed by atoms with Gasteiger partial charge in [0, 0.05) is 18.3 Å². The van der Waals surface area contributed by atoms with Crippen molar-refractivity contribution in [2.45, 2.75) is 11.8 Å². The third-order valence-electron chi connectivity index (χ3n) is 4.49. The molecule has 0 aliphatic carbocycles. The van der Waals surface area contributed by atoms with Gasteiger partial charge in [0.05, 0.1) is 0 Å². The van der Waals surface area contributed by atoms with Gasteiger partial charge in [-0.1, -0.05) is 18.2 Å². The normalized spacial score (nSPS) is 23.0. The Labute approximate surface area is 122 Å². The maximum absolute atomic E-state index is 13.6. The quantitative estimate of drug-likeness (QED) is 0.744. The summed E-state index contributed by atoms with van der Waals surface area (Å²) in [5, 5.41) is 0. The summed E-state index contributed by atoms with van der Waals surface area (Å²) in [6.45, 7) is 0.311. The lowest BCUT2D eigenvalue weighted by Gasteiger charge is -2.38. The van der Waals surface area contributed by atoms with Crippen LogP contribution in [0.1, 0.15) is 11.1 Å². The number of fused-ring (bicyclic) bond motifs is 3. The molecule has 0 fully saturated rings. The number of benzene rings is 2. The standard InChI is InChI=1S/C17H14FNO2/c1-19-14-7-6-12(18)8-11(14)9-17(16(19)20)10-21-15-5-3-2-4-13(15)17/h2-8H,9-10H2,1H3. The molecule has 3 nitrogen and oxygen atoms in total. The molecule has 2 aromatic rings. The van der Waals surface area contributed by atoms with Gasteiger partial charge in [-0.15, -0.1) is 0 Å². The fraction of sp³-hybridized carbons (Fsp3) is 0.235. The molecule has 4 rings (SSSR count). The van der Waals surface area contributed by atoms with Crippen molar-refractivity contribution in [1.82, 2.24) is 0 Å². The zero-order valence-electron chi connectivity index (χ0n) is 11.6. The molecule has 0 saturated heterocycles. The number of rotatable bonds is 0. The van der Waals surface area contributed by atoms with Crippen molar-refractivity contribution in [3.05, 3.63) is 59.4 Å². The van der Waals surface area contributed by atoms with Crippen LogP contribution in [0.25, 0.3) is 0 Å². The fourth-order valence-corrected chi connectivity index (χ4v) is 3.44. The first-order valence-electron chi connectivity index (χ1n) is 6.91. The molecular formula is C17H14FNO2. The second-order valence-electron chi connectivity index (χ2n) is 5.68. The molecule has 0 radical (unpaired) electrons. The predicted molar refractivity (Wildman–Crippen MR) is 77.1 cm³/mol. The molecule has 2 heterocycles. The topological polar surface area (TPSA) is 29.5 Å². The largest absolute Gasteiger partial charge is 0.492 e. The van der Waals surface area contributed by atoms with Crippen LogP contribution in [0.2, 0.25) is 0 Å². The minimum atomic E-state index is -0.730. The molecule has 1 unspecified atom stereocenters. The molecule has 2 aliphatic heterocycles. The van der Waals surface area contributed by atoms with Gasteiger partial charge in [-0.25, -0.2) is 4.39 Å². The second kappa shape index (κ2) is 4.07. The third-order valence-corrected chi connectivity index (χ3v) is 4.49. The highest BCUT2D eigenvalue weighted by Crippen LogP contribution is 2.46. The van der Waals surface area contributed by atoms with E-state index in [0.717, 1.165) is 22.6 Å². The van der Waals surface area contributed by atoms with Crippen LogP contribution >= 0.6 is 0 Å². The highest BCUT2D eigenvalue weighted by molar-refractivity contribution is 6.04. The van der Waals surface area contributed by atoms with Gasteiger partial charge in [-0.05, 0) is 36.2 Å². The number of nitrogens with zero attached hydrogens (tertiary/aromatic N) is 1. The zero-order valence-corrected chi connectivity index (χ0v) is 11.6. The van der Waals surface area contributed by atoms with E-state index in [2.05, 4.69) is 0 Å². The average molecular weight is 283 g/mol. The van der Waals surface area contributed by atoms with Crippen LogP contribution in [0, 0.1) is 5.82 Å². The van der Waals surface area contributed by atoms with Gasteiger partial charge >= 0.3 is 0 Å². The molecule has 1 atom stereocenters. The van der Waals surface area contributed by atoms with E-state index in [1.807, 2.05) is 24.3 Å². The number of likely N-dealkylation sites (N-methyl/N-ethyl adjacent to an activating group) is 1. The Bertz CT molecular complexity index is 758. The van der Waals surface area contributed by atoms with Gasteiger partial charge in [0.25, 0.3) is 0 Å². The smallest absolute Gasteiger partial charge is 0.241 e. The van der Waals surface area contributed by atoms with Gasteiger partial charge in [0.15, 0.2) is 0 Å². The molecule has 4 heteroatoms. The van der Waals surface area contributed by atoms with Crippen molar-refractivity contribution in [3.8, 4) is 5.75 Å². The van der Waals surface area contributed by atoms with Gasteiger partial charge in [0.1, 0.15) is 23.6 Å². The highest BCUT2D eigenvalue weighted by Gasteiger charge is 2.51. The first kappa shape index (κ1) is 12.4. The molecule has 2 aliphatic rings. The lowest BCUT2D eigenvalue weighted by Crippen LogP contribution is -2.51. The molecule has 0 aromatic heterocycles. The molecule has 0 N–H and O–H groups in total. The summed E-state index contributed by atoms with van der Waals surface area (Å²) < 4.78 is 19.3. The minimum absolute atomic E-state index is 0.00607. The number of amides is 1. The zero-order chi connectivity index (χ0) is 14.6. The lowest BCUT2D eigenvalue weighted by molar-refractivity contribution is -0.124. The van der Waals surface area contributed by atoms with Crippen LogP contribution in [0.5, 0.6) is 5.75 Å². The predicted octanol–water partition coefficient (Wildman–Crippen LogP) is 2.68. The second-order valence-corrected chi connectivity index (χ2v) is 5.68. The van der Waals surface area contributed by atoms with E-state index in [9.17, 15) is 9.18 Å². The summed E-state index contributed by atoms with van der Waals surface area (Å²) in [6.07, 6.45) is 0.473. The Balaban J connectivity index is 1.91. The number of ether oxygens (including phenoxy) is 1. The van der Waals surface area contributed by atoms with Crippen LogP contribution < -0.4 is 9.64 Å². The van der Waals surface area contributed by atoms with E-state index < -0.39 is 5.41 Å². The number of hydrogen-bond acceptors (Lipinski definition) is 2. The molecular weight excluding hydrogens is 269 g/mol. The van der Waals surface area contributed by atoms with E-state index >= 15 is 0 Å². The summed E-state index contributed by atoms with van der Waals surface area (Å²) >= 11 is 0. The maximum atomic E-state index is 13.6. The van der Waals surface area contributed by atoms with Crippen molar-refractivity contribution in [2.75, 3.05) is 18.6 Å². The van der Waals surface area contributed by atoms with Crippen molar-refractivity contribution in [2.24, 2.45) is 0 Å². The molecule has 0 bridgehead atoms. The van der Waals surface area contributed by atoms with Crippen molar-refractivity contribution >= 4 is 11.6 Å². The van der Waals surface area contributed by atoms with Gasteiger partial charge in [-0.2, -0.15) is 0 Å². The summed E-state index contributed by atoms with van der Waals surface area (Å²) in [4.78, 5) is 14.5. The molecule has 1 amide bonds. The minimum Gasteiger partial charge on any atom is -0.492 e. The number of halogens is 1. The van der Waals surface area contributed by atoms with E-state index in [4.69, 9.17) is 4.74 Å². The summed E-state index contributed by atoms with van der Waals surface area (Å²) in [6, 6.07) is 12.2. The fourth-order valence-electron chi connectivity index (χ4n) is 3.44. The van der Waals surface area contributed by atoms with Gasteiger partial charge < -0.3 is 9.64 Å². The average Bonchev–Trinajstić information content (AvgIpc) is 2.85. The van der Waals surface area contributed by atoms with Crippen LogP contribution in [0.15, 0.2) is 42.5 Å². The summed E-state index contributed by atoms with van der Waals surface area (Å²) in [5.41, 5.74) is 1.79. The van der Waals surface area contributed by atoms with E-state index in [0.29, 0.717) is 13.0 Å². The van der Waals surface area contributed by atoms with E-state index in [-0.39, 0.29) is 11.7 Å². The van der Waals surface area contributed by atoms with E-state index in [1.165, 1.54) is 12.1 Å². The number of anilines is 1. The Hall–Kier alpha value is -2.36. The lowest BCUT2D eigenvalue weighted by atomic mass is 9.73. The number of carbonyl (C=O) groups is 1. The van der Waals surface area contributed by atoms with Crippen molar-refractivity contribution in [3.63, 3.8) is 0 Å². The maximum Gasteiger partial charge on any atom is 0.241 e. The van der Waals surface area contributed by atoms with Crippen molar-refractivity contribution < 1.29 is 13.9 Å². The number of carbonyl (C=O) groups excluding carboxylic acids is 1. The third kappa shape index (κ3) is 1.56. The van der Waals surface area contributed by atoms with Crippen LogP contribution in [-0.2, 0) is 16.6 Å². The number of para-hydroxylation sites is 1. The number of hydrogen-bond donors (Lipinski definition) is 0. The monoisotopic (exact) mass is 283 g/mol. The first-order chi connectivity index (χ1) is 10.1. The Morgan fingerprint density at radius 2 is 2.05 bits per heavy atom. The molecule has 2 aromatic carbocycles. The molecule has 0 saturated carbocycles. The first-order valence-corrected chi connectivity index (χ1v) is 6.91. The van der Waals surface area contributed by atoms with Gasteiger partial charge in [-0.3, -0.25) is 4.79 Å². The molecule has 106 valence electrons. The highest BCUT2D eigenvalue weighted by atomic mass is 19.1. The van der Waals surface area contributed by atoms with Crippen LogP contribution in [-0.4, -0.2) is 19.6 Å². The molecule has 1 spiro atoms. The van der Waals surface area contributed by atoms with E-state index in [1.54, 1.807) is 18.0 Å². The van der Waals surface area contributed by atoms with Crippen LogP contribution in [0.3, 0.4) is 0 Å². The van der Waals surface area contributed by atoms with Gasteiger partial charge in [0.2, 0.25) is 5.91 Å². The van der Waals surface area contributed by atoms with Crippen molar-refractivity contribution in [1.29, 1.82) is 0 Å². The Kier molecular flexibility index (Phi) is 2.40. The summed E-state index contributed by atoms with van der Waals surface area (Å²) in [5.74, 6) is 0.476. The molecule has 21 heavy (non-hydrogen) atoms. The van der Waals surface area contributed by atoms with Crippen LogP contribution in [0.4, 0.5) is 10.1 Å². The SMILES string of the molecule is CN1C(=O)C2(COc3ccccc32)Cc2cc(F)ccc21. The Morgan fingerprint density at radius 1 is 1.24 bits per heavy atom. The Morgan fingerprint density at radius 3 is 2.90 bits per heavy atom. The summed E-state index contributed by atoms with van der Waals surface area (Å²) in [7, 11) is 1.74.